The van der Waals surface area contributed by atoms with E-state index in [4.69, 9.17) is 4.52 Å². The zero-order valence-electron chi connectivity index (χ0n) is 8.92. The second kappa shape index (κ2) is 3.71. The average Bonchev–Trinajstić information content (AvgIpc) is 2.51. The number of rotatable bonds is 2. The number of nitrogens with zero attached hydrogens (tertiary/aromatic N) is 2. The van der Waals surface area contributed by atoms with Gasteiger partial charge >= 0.3 is 0 Å². The molecule has 0 unspecified atom stereocenters. The van der Waals surface area contributed by atoms with Gasteiger partial charge in [-0.2, -0.15) is 0 Å². The van der Waals surface area contributed by atoms with E-state index in [0.717, 1.165) is 35.6 Å². The maximum Gasteiger partial charge on any atom is 0.138 e. The molecular formula is C10H18N3O+. The fourth-order valence-electron chi connectivity index (χ4n) is 1.98. The molecule has 1 aromatic heterocycles. The van der Waals surface area contributed by atoms with E-state index in [1.165, 1.54) is 13.1 Å². The van der Waals surface area contributed by atoms with E-state index < -0.39 is 0 Å². The number of quaternary nitrogens is 1. The summed E-state index contributed by atoms with van der Waals surface area (Å²) in [5.74, 6) is 0.904. The molecule has 1 aliphatic heterocycles. The number of hydrogen-bond acceptors (Lipinski definition) is 3. The highest BCUT2D eigenvalue weighted by molar-refractivity contribution is 5.01. The van der Waals surface area contributed by atoms with Crippen LogP contribution in [0.4, 0.5) is 0 Å². The first-order chi connectivity index (χ1) is 6.68. The first-order valence-electron chi connectivity index (χ1n) is 5.14. The van der Waals surface area contributed by atoms with Gasteiger partial charge in [-0.1, -0.05) is 5.16 Å². The van der Waals surface area contributed by atoms with Crippen LogP contribution in [-0.4, -0.2) is 42.9 Å². The lowest BCUT2D eigenvalue weighted by Crippen LogP contribution is -2.55. The summed E-state index contributed by atoms with van der Waals surface area (Å²) in [6.45, 7) is 7.48. The molecule has 0 aromatic carbocycles. The minimum Gasteiger partial charge on any atom is -0.361 e. The minimum absolute atomic E-state index is 0.904. The molecular weight excluding hydrogens is 178 g/mol. The predicted octanol–water partition coefficient (Wildman–Crippen LogP) is 0.533. The van der Waals surface area contributed by atoms with Crippen molar-refractivity contribution in [3.8, 4) is 0 Å². The second-order valence-electron chi connectivity index (χ2n) is 4.40. The quantitative estimate of drug-likeness (QED) is 0.701. The fraction of sp³-hybridized carbons (Fsp3) is 0.700. The van der Waals surface area contributed by atoms with Crippen LogP contribution in [0.3, 0.4) is 0 Å². The van der Waals surface area contributed by atoms with Crippen molar-refractivity contribution in [3.63, 3.8) is 0 Å². The Morgan fingerprint density at radius 3 is 2.79 bits per heavy atom. The van der Waals surface area contributed by atoms with Crippen molar-refractivity contribution in [2.24, 2.45) is 0 Å². The van der Waals surface area contributed by atoms with Crippen LogP contribution in [0.25, 0.3) is 0 Å². The third-order valence-electron chi connectivity index (χ3n) is 2.88. The van der Waals surface area contributed by atoms with Crippen molar-refractivity contribution in [1.29, 1.82) is 0 Å². The Hall–Kier alpha value is -0.870. The molecule has 1 fully saturated rings. The van der Waals surface area contributed by atoms with Gasteiger partial charge in [0.05, 0.1) is 20.1 Å². The van der Waals surface area contributed by atoms with Crippen LogP contribution in [0.5, 0.6) is 0 Å². The summed E-state index contributed by atoms with van der Waals surface area (Å²) in [4.78, 5) is 0. The molecule has 2 heterocycles. The molecule has 78 valence electrons. The summed E-state index contributed by atoms with van der Waals surface area (Å²) in [5, 5.41) is 7.42. The largest absolute Gasteiger partial charge is 0.361 e. The third kappa shape index (κ3) is 2.13. The van der Waals surface area contributed by atoms with Crippen LogP contribution < -0.4 is 5.32 Å². The second-order valence-corrected chi connectivity index (χ2v) is 4.40. The van der Waals surface area contributed by atoms with Gasteiger partial charge in [0, 0.05) is 19.2 Å². The van der Waals surface area contributed by atoms with E-state index in [-0.39, 0.29) is 0 Å². The van der Waals surface area contributed by atoms with E-state index in [1.807, 2.05) is 13.0 Å². The highest BCUT2D eigenvalue weighted by atomic mass is 16.5. The van der Waals surface area contributed by atoms with Crippen molar-refractivity contribution >= 4 is 0 Å². The minimum atomic E-state index is 0.904. The molecule has 4 heteroatoms. The number of piperazine rings is 1. The smallest absolute Gasteiger partial charge is 0.138 e. The summed E-state index contributed by atoms with van der Waals surface area (Å²) in [5.41, 5.74) is 1.08. The molecule has 0 radical (unpaired) electrons. The van der Waals surface area contributed by atoms with Crippen LogP contribution in [0.1, 0.15) is 11.5 Å². The zero-order chi connectivity index (χ0) is 10.0. The molecule has 0 bridgehead atoms. The number of aryl methyl sites for hydroxylation is 1. The first kappa shape index (κ1) is 9.68. The summed E-state index contributed by atoms with van der Waals surface area (Å²) >= 11 is 0. The van der Waals surface area contributed by atoms with E-state index >= 15 is 0 Å². The Kier molecular flexibility index (Phi) is 2.56. The molecule has 0 amide bonds. The molecule has 14 heavy (non-hydrogen) atoms. The van der Waals surface area contributed by atoms with Gasteiger partial charge < -0.3 is 14.3 Å². The topological polar surface area (TPSA) is 38.1 Å². The van der Waals surface area contributed by atoms with Gasteiger partial charge in [-0.3, -0.25) is 0 Å². The van der Waals surface area contributed by atoms with Gasteiger partial charge in [0.1, 0.15) is 18.0 Å². The molecule has 0 spiro atoms. The standard InChI is InChI=1S/C10H18N3O/c1-9-7-10(12-14-9)8-13(2)5-3-11-4-6-13/h7,11H,3-6,8H2,1-2H3/q+1. The van der Waals surface area contributed by atoms with E-state index in [1.54, 1.807) is 0 Å². The normalized spacial score (nSPS) is 21.0. The highest BCUT2D eigenvalue weighted by Gasteiger charge is 2.25. The SMILES string of the molecule is Cc1cc(C[N+]2(C)CCNCC2)no1. The van der Waals surface area contributed by atoms with Crippen LogP contribution in [0.15, 0.2) is 10.6 Å². The lowest BCUT2D eigenvalue weighted by atomic mass is 10.2. The maximum absolute atomic E-state index is 5.08. The molecule has 1 saturated heterocycles. The van der Waals surface area contributed by atoms with Gasteiger partial charge in [-0.25, -0.2) is 0 Å². The van der Waals surface area contributed by atoms with E-state index in [2.05, 4.69) is 17.5 Å². The number of aromatic nitrogens is 1. The number of nitrogens with one attached hydrogen (secondary N) is 1. The first-order valence-corrected chi connectivity index (χ1v) is 5.14. The molecule has 0 saturated carbocycles. The van der Waals surface area contributed by atoms with E-state index in [9.17, 15) is 0 Å². The van der Waals surface area contributed by atoms with Gasteiger partial charge in [-0.15, -0.1) is 0 Å². The average molecular weight is 196 g/mol. The molecule has 0 aliphatic carbocycles. The molecule has 1 N–H and O–H groups in total. The molecule has 1 aliphatic rings. The summed E-state index contributed by atoms with van der Waals surface area (Å²) in [6, 6.07) is 2.03. The van der Waals surface area contributed by atoms with Crippen molar-refractivity contribution in [2.45, 2.75) is 13.5 Å². The van der Waals surface area contributed by atoms with Crippen molar-refractivity contribution < 1.29 is 9.01 Å². The van der Waals surface area contributed by atoms with Crippen molar-refractivity contribution in [1.82, 2.24) is 10.5 Å². The molecule has 4 nitrogen and oxygen atoms in total. The van der Waals surface area contributed by atoms with Crippen molar-refractivity contribution in [3.05, 3.63) is 17.5 Å². The molecule has 1 aromatic rings. The Bertz CT molecular complexity index is 302. The van der Waals surface area contributed by atoms with Crippen LogP contribution in [0.2, 0.25) is 0 Å². The lowest BCUT2D eigenvalue weighted by Gasteiger charge is -2.37. The van der Waals surface area contributed by atoms with Gasteiger partial charge in [0.25, 0.3) is 0 Å². The van der Waals surface area contributed by atoms with Crippen LogP contribution >= 0.6 is 0 Å². The fourth-order valence-corrected chi connectivity index (χ4v) is 1.98. The monoisotopic (exact) mass is 196 g/mol. The van der Waals surface area contributed by atoms with Crippen molar-refractivity contribution in [2.75, 3.05) is 33.2 Å². The summed E-state index contributed by atoms with van der Waals surface area (Å²) in [7, 11) is 2.28. The van der Waals surface area contributed by atoms with Gasteiger partial charge in [0.2, 0.25) is 0 Å². The number of hydrogen-bond donors (Lipinski definition) is 1. The van der Waals surface area contributed by atoms with Gasteiger partial charge in [0.15, 0.2) is 0 Å². The van der Waals surface area contributed by atoms with E-state index in [0.29, 0.717) is 0 Å². The molecule has 0 atom stereocenters. The lowest BCUT2D eigenvalue weighted by molar-refractivity contribution is -0.924. The predicted molar refractivity (Wildman–Crippen MR) is 53.7 cm³/mol. The maximum atomic E-state index is 5.08. The van der Waals surface area contributed by atoms with Crippen LogP contribution in [0, 0.1) is 6.92 Å². The highest BCUT2D eigenvalue weighted by Crippen LogP contribution is 2.12. The Balaban J connectivity index is 2.01. The molecule has 2 rings (SSSR count). The number of likely N-dealkylation sites (N-methyl/N-ethyl adjacent to an activating group) is 1. The Morgan fingerprint density at radius 1 is 1.50 bits per heavy atom. The summed E-state index contributed by atoms with van der Waals surface area (Å²) in [6.07, 6.45) is 0. The third-order valence-corrected chi connectivity index (χ3v) is 2.88. The van der Waals surface area contributed by atoms with Crippen LogP contribution in [-0.2, 0) is 6.54 Å². The summed E-state index contributed by atoms with van der Waals surface area (Å²) < 4.78 is 6.14. The Labute approximate surface area is 84.5 Å². The Morgan fingerprint density at radius 2 is 2.21 bits per heavy atom. The zero-order valence-corrected chi connectivity index (χ0v) is 8.92. The van der Waals surface area contributed by atoms with Gasteiger partial charge in [-0.05, 0) is 6.92 Å².